The van der Waals surface area contributed by atoms with Crippen LogP contribution in [-0.4, -0.2) is 39.8 Å². The molecule has 33 heavy (non-hydrogen) atoms. The lowest BCUT2D eigenvalue weighted by molar-refractivity contribution is 0.210. The number of anilines is 1. The zero-order chi connectivity index (χ0) is 22.8. The van der Waals surface area contributed by atoms with Crippen molar-refractivity contribution in [1.29, 1.82) is 0 Å². The van der Waals surface area contributed by atoms with Crippen molar-refractivity contribution in [2.45, 2.75) is 6.92 Å². The number of methoxy groups -OCH3 is 1. The molecule has 7 heteroatoms. The molecule has 0 aliphatic heterocycles. The van der Waals surface area contributed by atoms with Crippen molar-refractivity contribution in [1.82, 2.24) is 19.5 Å². The van der Waals surface area contributed by atoms with Crippen LogP contribution in [0.1, 0.15) is 5.56 Å². The number of imidazole rings is 1. The average Bonchev–Trinajstić information content (AvgIpc) is 3.44. The van der Waals surface area contributed by atoms with Gasteiger partial charge in [-0.05, 0) is 18.1 Å². The first-order chi connectivity index (χ1) is 16.2. The third kappa shape index (κ3) is 4.13. The molecule has 3 heterocycles. The number of nitrogens with zero attached hydrogens (tertiary/aromatic N) is 4. The van der Waals surface area contributed by atoms with E-state index in [9.17, 15) is 0 Å². The molecule has 0 saturated heterocycles. The smallest absolute Gasteiger partial charge is 0.199 e. The van der Waals surface area contributed by atoms with E-state index in [4.69, 9.17) is 14.7 Å². The van der Waals surface area contributed by atoms with Crippen LogP contribution in [0.2, 0.25) is 0 Å². The molecule has 0 unspecified atom stereocenters. The number of benzene rings is 2. The summed E-state index contributed by atoms with van der Waals surface area (Å²) in [6.45, 7) is 3.33. The lowest BCUT2D eigenvalue weighted by Crippen LogP contribution is -2.10. The lowest BCUT2D eigenvalue weighted by Gasteiger charge is -2.11. The molecular weight excluding hydrogens is 430 g/mol. The molecule has 0 aliphatic rings. The molecule has 5 aromatic rings. The Morgan fingerprint density at radius 1 is 1.00 bits per heavy atom. The standard InChI is InChI=1S/C26H25N5OS/c1-17-9-11-19(12-10-17)22-20(18-7-5-4-6-8-18)21-23(27-14-16-32-3)29-24(30-26(21)33-22)25-28-13-15-31(25)2/h4-13,15H,14,16H2,1-3H3,(H,27,29,30). The number of hydrogen-bond acceptors (Lipinski definition) is 6. The Hall–Kier alpha value is -3.55. The molecule has 3 aromatic heterocycles. The van der Waals surface area contributed by atoms with Gasteiger partial charge in [-0.15, -0.1) is 11.3 Å². The molecule has 1 N–H and O–H groups in total. The second-order valence-electron chi connectivity index (χ2n) is 7.90. The number of nitrogens with one attached hydrogen (secondary N) is 1. The number of ether oxygens (including phenoxy) is 1. The number of rotatable bonds is 7. The Morgan fingerprint density at radius 2 is 1.79 bits per heavy atom. The first-order valence-corrected chi connectivity index (χ1v) is 11.6. The van der Waals surface area contributed by atoms with Gasteiger partial charge in [0.2, 0.25) is 0 Å². The topological polar surface area (TPSA) is 64.9 Å². The van der Waals surface area contributed by atoms with Gasteiger partial charge in [-0.2, -0.15) is 0 Å². The Morgan fingerprint density at radius 3 is 2.48 bits per heavy atom. The SMILES string of the molecule is COCCNc1nc(-c2nccn2C)nc2sc(-c3ccc(C)cc3)c(-c3ccccc3)c12. The second kappa shape index (κ2) is 9.13. The lowest BCUT2D eigenvalue weighted by atomic mass is 9.99. The van der Waals surface area contributed by atoms with Crippen LogP contribution in [-0.2, 0) is 11.8 Å². The van der Waals surface area contributed by atoms with E-state index in [1.807, 2.05) is 23.9 Å². The summed E-state index contributed by atoms with van der Waals surface area (Å²) in [5.41, 5.74) is 4.69. The second-order valence-corrected chi connectivity index (χ2v) is 8.89. The van der Waals surface area contributed by atoms with E-state index in [1.54, 1.807) is 24.6 Å². The first kappa shape index (κ1) is 21.3. The van der Waals surface area contributed by atoms with Crippen molar-refractivity contribution in [2.75, 3.05) is 25.6 Å². The Kier molecular flexibility index (Phi) is 5.90. The van der Waals surface area contributed by atoms with E-state index in [-0.39, 0.29) is 0 Å². The summed E-state index contributed by atoms with van der Waals surface area (Å²) < 4.78 is 7.22. The fourth-order valence-corrected chi connectivity index (χ4v) is 5.07. The van der Waals surface area contributed by atoms with Gasteiger partial charge in [0.15, 0.2) is 11.6 Å². The number of fused-ring (bicyclic) bond motifs is 1. The maximum atomic E-state index is 5.28. The van der Waals surface area contributed by atoms with Gasteiger partial charge in [0.25, 0.3) is 0 Å². The van der Waals surface area contributed by atoms with Crippen LogP contribution >= 0.6 is 11.3 Å². The maximum Gasteiger partial charge on any atom is 0.199 e. The molecule has 0 radical (unpaired) electrons. The molecule has 5 rings (SSSR count). The predicted octanol–water partition coefficient (Wildman–Crippen LogP) is 5.79. The van der Waals surface area contributed by atoms with Crippen LogP contribution in [0.4, 0.5) is 5.82 Å². The van der Waals surface area contributed by atoms with Gasteiger partial charge in [0, 0.05) is 43.5 Å². The molecule has 0 aliphatic carbocycles. The van der Waals surface area contributed by atoms with Crippen LogP contribution in [0, 0.1) is 6.92 Å². The van der Waals surface area contributed by atoms with Gasteiger partial charge >= 0.3 is 0 Å². The molecular formula is C26H25N5OS. The average molecular weight is 456 g/mol. The van der Waals surface area contributed by atoms with E-state index < -0.39 is 0 Å². The van der Waals surface area contributed by atoms with Gasteiger partial charge < -0.3 is 14.6 Å². The first-order valence-electron chi connectivity index (χ1n) is 10.8. The molecule has 0 atom stereocenters. The number of thiophene rings is 1. The van der Waals surface area contributed by atoms with Crippen molar-refractivity contribution in [3.05, 3.63) is 72.6 Å². The molecule has 166 valence electrons. The minimum absolute atomic E-state index is 0.582. The fourth-order valence-electron chi connectivity index (χ4n) is 3.87. The van der Waals surface area contributed by atoms with Crippen LogP contribution in [0.25, 0.3) is 43.4 Å². The zero-order valence-electron chi connectivity index (χ0n) is 18.9. The maximum absolute atomic E-state index is 5.28. The monoisotopic (exact) mass is 455 g/mol. The van der Waals surface area contributed by atoms with E-state index in [0.29, 0.717) is 19.0 Å². The van der Waals surface area contributed by atoms with Crippen LogP contribution < -0.4 is 5.32 Å². The van der Waals surface area contributed by atoms with Crippen LogP contribution in [0.5, 0.6) is 0 Å². The summed E-state index contributed by atoms with van der Waals surface area (Å²) in [6, 6.07) is 19.1. The number of hydrogen-bond donors (Lipinski definition) is 1. The summed E-state index contributed by atoms with van der Waals surface area (Å²) in [7, 11) is 3.65. The molecule has 0 fully saturated rings. The van der Waals surface area contributed by atoms with Crippen molar-refractivity contribution in [2.24, 2.45) is 7.05 Å². The van der Waals surface area contributed by atoms with Gasteiger partial charge in [-0.25, -0.2) is 15.0 Å². The molecule has 6 nitrogen and oxygen atoms in total. The van der Waals surface area contributed by atoms with Crippen molar-refractivity contribution in [3.8, 4) is 33.2 Å². The highest BCUT2D eigenvalue weighted by Crippen LogP contribution is 2.46. The predicted molar refractivity (Wildman–Crippen MR) is 136 cm³/mol. The summed E-state index contributed by atoms with van der Waals surface area (Å²) in [6.07, 6.45) is 3.67. The minimum atomic E-state index is 0.582. The van der Waals surface area contributed by atoms with Crippen LogP contribution in [0.3, 0.4) is 0 Å². The highest BCUT2D eigenvalue weighted by Gasteiger charge is 2.22. The third-order valence-electron chi connectivity index (χ3n) is 5.55. The molecule has 0 amide bonds. The minimum Gasteiger partial charge on any atom is -0.383 e. The normalized spacial score (nSPS) is 11.2. The van der Waals surface area contributed by atoms with E-state index in [2.05, 4.69) is 65.8 Å². The quantitative estimate of drug-likeness (QED) is 0.315. The van der Waals surface area contributed by atoms with E-state index in [1.165, 1.54) is 16.0 Å². The van der Waals surface area contributed by atoms with Crippen molar-refractivity contribution < 1.29 is 4.74 Å². The van der Waals surface area contributed by atoms with Crippen molar-refractivity contribution >= 4 is 27.4 Å². The fraction of sp³-hybridized carbons (Fsp3) is 0.192. The highest BCUT2D eigenvalue weighted by molar-refractivity contribution is 7.22. The zero-order valence-corrected chi connectivity index (χ0v) is 19.7. The molecule has 0 spiro atoms. The highest BCUT2D eigenvalue weighted by atomic mass is 32.1. The van der Waals surface area contributed by atoms with E-state index in [0.717, 1.165) is 33.0 Å². The van der Waals surface area contributed by atoms with E-state index >= 15 is 0 Å². The summed E-state index contributed by atoms with van der Waals surface area (Å²) in [4.78, 5) is 16.5. The molecule has 0 bridgehead atoms. The third-order valence-corrected chi connectivity index (χ3v) is 6.68. The Balaban J connectivity index is 1.80. The van der Waals surface area contributed by atoms with Gasteiger partial charge in [-0.1, -0.05) is 60.2 Å². The Labute approximate surface area is 196 Å². The summed E-state index contributed by atoms with van der Waals surface area (Å²) in [5.74, 6) is 2.13. The summed E-state index contributed by atoms with van der Waals surface area (Å²) in [5, 5.41) is 4.51. The summed E-state index contributed by atoms with van der Waals surface area (Å²) >= 11 is 1.69. The van der Waals surface area contributed by atoms with Gasteiger partial charge in [-0.3, -0.25) is 0 Å². The molecule has 0 saturated carbocycles. The number of aromatic nitrogens is 4. The van der Waals surface area contributed by atoms with Gasteiger partial charge in [0.1, 0.15) is 10.6 Å². The number of aryl methyl sites for hydroxylation is 2. The van der Waals surface area contributed by atoms with Gasteiger partial charge in [0.05, 0.1) is 12.0 Å². The van der Waals surface area contributed by atoms with Crippen LogP contribution in [0.15, 0.2) is 67.0 Å². The largest absolute Gasteiger partial charge is 0.383 e. The Bertz CT molecular complexity index is 1390. The molecule has 2 aromatic carbocycles. The van der Waals surface area contributed by atoms with Crippen molar-refractivity contribution in [3.63, 3.8) is 0 Å².